The molecule has 2 aromatic carbocycles. The first-order chi connectivity index (χ1) is 12.0. The normalized spacial score (nSPS) is 11.9. The minimum atomic E-state index is -0.888. The van der Waals surface area contributed by atoms with Gasteiger partial charge in [0.05, 0.1) is 16.8 Å². The summed E-state index contributed by atoms with van der Waals surface area (Å²) < 4.78 is 0. The van der Waals surface area contributed by atoms with Crippen LogP contribution in [0.15, 0.2) is 54.6 Å². The van der Waals surface area contributed by atoms with Crippen LogP contribution in [0.1, 0.15) is 33.2 Å². The van der Waals surface area contributed by atoms with Crippen molar-refractivity contribution >= 4 is 22.7 Å². The van der Waals surface area contributed by atoms with Crippen LogP contribution in [0.2, 0.25) is 0 Å². The third kappa shape index (κ3) is 3.50. The van der Waals surface area contributed by atoms with Gasteiger partial charge in [0.25, 0.3) is 5.91 Å². The van der Waals surface area contributed by atoms with Gasteiger partial charge >= 0.3 is 0 Å². The molecule has 0 aliphatic rings. The van der Waals surface area contributed by atoms with Gasteiger partial charge in [-0.2, -0.15) is 0 Å². The molecule has 0 radical (unpaired) electrons. The van der Waals surface area contributed by atoms with Crippen molar-refractivity contribution in [2.24, 2.45) is 5.73 Å². The van der Waals surface area contributed by atoms with Crippen LogP contribution < -0.4 is 11.1 Å². The number of amides is 2. The van der Waals surface area contributed by atoms with Gasteiger partial charge in [-0.05, 0) is 37.6 Å². The van der Waals surface area contributed by atoms with Gasteiger partial charge in [0, 0.05) is 5.39 Å². The van der Waals surface area contributed by atoms with Crippen LogP contribution in [0.4, 0.5) is 0 Å². The van der Waals surface area contributed by atoms with E-state index >= 15 is 0 Å². The van der Waals surface area contributed by atoms with Crippen molar-refractivity contribution in [3.05, 3.63) is 77.0 Å². The fraction of sp³-hybridized carbons (Fsp3) is 0.150. The molecule has 0 aliphatic carbocycles. The smallest absolute Gasteiger partial charge is 0.254 e. The first-order valence-corrected chi connectivity index (χ1v) is 7.99. The molecule has 1 atom stereocenters. The summed E-state index contributed by atoms with van der Waals surface area (Å²) in [5.41, 5.74) is 9.07. The third-order valence-corrected chi connectivity index (χ3v) is 4.10. The number of benzene rings is 2. The van der Waals surface area contributed by atoms with Gasteiger partial charge in [0.1, 0.15) is 6.04 Å². The van der Waals surface area contributed by atoms with E-state index in [1.54, 1.807) is 37.3 Å². The number of pyridine rings is 1. The van der Waals surface area contributed by atoms with Crippen molar-refractivity contribution in [2.75, 3.05) is 0 Å². The van der Waals surface area contributed by atoms with Gasteiger partial charge in [0.15, 0.2) is 0 Å². The number of hydrogen-bond acceptors (Lipinski definition) is 3. The van der Waals surface area contributed by atoms with Crippen molar-refractivity contribution in [3.8, 4) is 0 Å². The number of carbonyl (C=O) groups excluding carboxylic acids is 2. The van der Waals surface area contributed by atoms with E-state index in [9.17, 15) is 9.59 Å². The minimum Gasteiger partial charge on any atom is -0.368 e. The van der Waals surface area contributed by atoms with Gasteiger partial charge in [0.2, 0.25) is 5.91 Å². The van der Waals surface area contributed by atoms with Crippen LogP contribution in [0, 0.1) is 13.8 Å². The molecular formula is C20H19N3O2. The second-order valence-corrected chi connectivity index (χ2v) is 6.04. The summed E-state index contributed by atoms with van der Waals surface area (Å²) in [6.07, 6.45) is 0. The number of fused-ring (bicyclic) bond motifs is 1. The van der Waals surface area contributed by atoms with Crippen molar-refractivity contribution in [1.29, 1.82) is 0 Å². The Morgan fingerprint density at radius 1 is 1.04 bits per heavy atom. The average Bonchev–Trinajstić information content (AvgIpc) is 2.59. The number of rotatable bonds is 4. The maximum absolute atomic E-state index is 12.7. The predicted octanol–water partition coefficient (Wildman–Crippen LogP) is 2.81. The summed E-state index contributed by atoms with van der Waals surface area (Å²) in [6.45, 7) is 3.76. The van der Waals surface area contributed by atoms with E-state index in [4.69, 9.17) is 5.73 Å². The highest BCUT2D eigenvalue weighted by Gasteiger charge is 2.22. The van der Waals surface area contributed by atoms with E-state index in [-0.39, 0.29) is 5.91 Å². The fourth-order valence-electron chi connectivity index (χ4n) is 2.80. The standard InChI is InChI=1S/C20H19N3O2/c1-12-8-9-17-15(10-12)11-16(13(2)22-17)20(25)23-18(19(21)24)14-6-4-3-5-7-14/h3-11,18H,1-2H3,(H2,21,24)(H,23,25)/t18-/m1/s1. The Kier molecular flexibility index (Phi) is 4.48. The monoisotopic (exact) mass is 333 g/mol. The highest BCUT2D eigenvalue weighted by Crippen LogP contribution is 2.19. The van der Waals surface area contributed by atoms with E-state index in [1.165, 1.54) is 0 Å². The van der Waals surface area contributed by atoms with Crippen molar-refractivity contribution < 1.29 is 9.59 Å². The molecule has 3 aromatic rings. The summed E-state index contributed by atoms with van der Waals surface area (Å²) in [7, 11) is 0. The number of carbonyl (C=O) groups is 2. The molecule has 25 heavy (non-hydrogen) atoms. The number of aromatic nitrogens is 1. The lowest BCUT2D eigenvalue weighted by atomic mass is 10.0. The number of nitrogens with one attached hydrogen (secondary N) is 1. The number of hydrogen-bond donors (Lipinski definition) is 2. The van der Waals surface area contributed by atoms with Crippen molar-refractivity contribution in [1.82, 2.24) is 10.3 Å². The lowest BCUT2D eigenvalue weighted by Gasteiger charge is -2.17. The summed E-state index contributed by atoms with van der Waals surface area (Å²) >= 11 is 0. The molecule has 3 N–H and O–H groups in total. The first kappa shape index (κ1) is 16.6. The summed E-state index contributed by atoms with van der Waals surface area (Å²) in [6, 6.07) is 15.7. The predicted molar refractivity (Wildman–Crippen MR) is 97.1 cm³/mol. The van der Waals surface area contributed by atoms with Crippen LogP contribution in [-0.4, -0.2) is 16.8 Å². The SMILES string of the molecule is Cc1ccc2nc(C)c(C(=O)N[C@@H](C(N)=O)c3ccccc3)cc2c1. The molecule has 126 valence electrons. The van der Waals surface area contributed by atoms with Crippen LogP contribution in [0.25, 0.3) is 10.9 Å². The number of nitrogens with two attached hydrogens (primary N) is 1. The van der Waals surface area contributed by atoms with Crippen molar-refractivity contribution in [3.63, 3.8) is 0 Å². The minimum absolute atomic E-state index is 0.374. The third-order valence-electron chi connectivity index (χ3n) is 4.10. The maximum atomic E-state index is 12.7. The Labute approximate surface area is 145 Å². The van der Waals surface area contributed by atoms with Gasteiger partial charge in [-0.3, -0.25) is 14.6 Å². The highest BCUT2D eigenvalue weighted by molar-refractivity contribution is 6.01. The topological polar surface area (TPSA) is 85.1 Å². The zero-order chi connectivity index (χ0) is 18.0. The molecule has 2 amide bonds. The Morgan fingerprint density at radius 2 is 1.76 bits per heavy atom. The Balaban J connectivity index is 1.95. The summed E-state index contributed by atoms with van der Waals surface area (Å²) in [5.74, 6) is -0.983. The van der Waals surface area contributed by atoms with Gasteiger partial charge in [-0.15, -0.1) is 0 Å². The van der Waals surface area contributed by atoms with Gasteiger partial charge < -0.3 is 11.1 Å². The molecule has 5 nitrogen and oxygen atoms in total. The first-order valence-electron chi connectivity index (χ1n) is 7.99. The molecule has 0 unspecified atom stereocenters. The average molecular weight is 333 g/mol. The van der Waals surface area contributed by atoms with E-state index in [1.807, 2.05) is 31.2 Å². The molecule has 0 saturated heterocycles. The van der Waals surface area contributed by atoms with E-state index < -0.39 is 11.9 Å². The van der Waals surface area contributed by atoms with E-state index in [0.29, 0.717) is 16.8 Å². The second-order valence-electron chi connectivity index (χ2n) is 6.04. The molecule has 1 aromatic heterocycles. The highest BCUT2D eigenvalue weighted by atomic mass is 16.2. The zero-order valence-electron chi connectivity index (χ0n) is 14.1. The molecule has 0 spiro atoms. The molecule has 1 heterocycles. The van der Waals surface area contributed by atoms with Crippen LogP contribution in [0.3, 0.4) is 0 Å². The summed E-state index contributed by atoms with van der Waals surface area (Å²) in [4.78, 5) is 29.0. The maximum Gasteiger partial charge on any atom is 0.254 e. The molecule has 3 rings (SSSR count). The molecule has 0 fully saturated rings. The van der Waals surface area contributed by atoms with E-state index in [2.05, 4.69) is 10.3 Å². The molecule has 0 bridgehead atoms. The fourth-order valence-corrected chi connectivity index (χ4v) is 2.80. The molecule has 0 saturated carbocycles. The molecular weight excluding hydrogens is 314 g/mol. The Morgan fingerprint density at radius 3 is 2.44 bits per heavy atom. The Hall–Kier alpha value is -3.21. The van der Waals surface area contributed by atoms with Crippen LogP contribution in [-0.2, 0) is 4.79 Å². The van der Waals surface area contributed by atoms with Crippen LogP contribution in [0.5, 0.6) is 0 Å². The molecule has 0 aliphatic heterocycles. The van der Waals surface area contributed by atoms with Gasteiger partial charge in [-0.25, -0.2) is 0 Å². The lowest BCUT2D eigenvalue weighted by molar-refractivity contribution is -0.120. The lowest BCUT2D eigenvalue weighted by Crippen LogP contribution is -2.37. The summed E-state index contributed by atoms with van der Waals surface area (Å²) in [5, 5.41) is 3.60. The Bertz CT molecular complexity index is 952. The number of primary amides is 1. The second kappa shape index (κ2) is 6.73. The van der Waals surface area contributed by atoms with Crippen LogP contribution >= 0.6 is 0 Å². The number of aryl methyl sites for hydroxylation is 2. The van der Waals surface area contributed by atoms with E-state index in [0.717, 1.165) is 16.5 Å². The zero-order valence-corrected chi connectivity index (χ0v) is 14.1. The quantitative estimate of drug-likeness (QED) is 0.770. The number of nitrogens with zero attached hydrogens (tertiary/aromatic N) is 1. The molecule has 5 heteroatoms. The van der Waals surface area contributed by atoms with Crippen molar-refractivity contribution in [2.45, 2.75) is 19.9 Å². The largest absolute Gasteiger partial charge is 0.368 e. The van der Waals surface area contributed by atoms with Gasteiger partial charge in [-0.1, -0.05) is 42.0 Å².